The van der Waals surface area contributed by atoms with Crippen LogP contribution < -0.4 is 5.32 Å². The van der Waals surface area contributed by atoms with Gasteiger partial charge in [-0.05, 0) is 22.9 Å². The van der Waals surface area contributed by atoms with Crippen LogP contribution in [0, 0.1) is 6.92 Å². The van der Waals surface area contributed by atoms with Gasteiger partial charge < -0.3 is 10.4 Å². The van der Waals surface area contributed by atoms with Crippen molar-refractivity contribution in [2.75, 3.05) is 13.1 Å². The van der Waals surface area contributed by atoms with E-state index in [0.29, 0.717) is 19.6 Å². The second kappa shape index (κ2) is 5.92. The molecule has 1 unspecified atom stereocenters. The summed E-state index contributed by atoms with van der Waals surface area (Å²) in [5.74, 6) is -1.20. The molecule has 1 aromatic heterocycles. The second-order valence-corrected chi connectivity index (χ2v) is 5.64. The summed E-state index contributed by atoms with van der Waals surface area (Å²) in [6, 6.07) is -0.636. The van der Waals surface area contributed by atoms with Gasteiger partial charge in [0, 0.05) is 26.7 Å². The number of carboxylic acids is 1. The summed E-state index contributed by atoms with van der Waals surface area (Å²) in [6.45, 7) is 3.54. The summed E-state index contributed by atoms with van der Waals surface area (Å²) in [5, 5.41) is 16.0. The lowest BCUT2D eigenvalue weighted by atomic mass is 10.1. The quantitative estimate of drug-likeness (QED) is 0.818. The molecule has 0 spiro atoms. The lowest BCUT2D eigenvalue weighted by molar-refractivity contribution is -0.143. The third-order valence-corrected chi connectivity index (χ3v) is 4.46. The van der Waals surface area contributed by atoms with E-state index in [-0.39, 0.29) is 12.3 Å². The molecule has 1 aliphatic rings. The number of amides is 1. The lowest BCUT2D eigenvalue weighted by Crippen LogP contribution is -2.55. The summed E-state index contributed by atoms with van der Waals surface area (Å²) in [6.07, 6.45) is -0.194. The average molecular weight is 345 g/mol. The molecule has 8 heteroatoms. The first-order valence-corrected chi connectivity index (χ1v) is 7.11. The Balaban J connectivity index is 2.20. The zero-order chi connectivity index (χ0) is 14.9. The normalized spacial score (nSPS) is 19.9. The Morgan fingerprint density at radius 2 is 2.30 bits per heavy atom. The molecule has 2 N–H and O–H groups in total. The van der Waals surface area contributed by atoms with Crippen molar-refractivity contribution >= 4 is 27.8 Å². The van der Waals surface area contributed by atoms with E-state index >= 15 is 0 Å². The molecule has 0 aromatic carbocycles. The molecule has 2 heterocycles. The van der Waals surface area contributed by atoms with E-state index in [0.717, 1.165) is 15.9 Å². The molecule has 7 nitrogen and oxygen atoms in total. The smallest absolute Gasteiger partial charge is 0.305 e. The van der Waals surface area contributed by atoms with Crippen LogP contribution in [-0.2, 0) is 23.2 Å². The van der Waals surface area contributed by atoms with Gasteiger partial charge in [0.2, 0.25) is 5.91 Å². The van der Waals surface area contributed by atoms with E-state index in [1.54, 1.807) is 4.68 Å². The minimum absolute atomic E-state index is 0.194. The number of nitrogens with zero attached hydrogens (tertiary/aromatic N) is 3. The molecule has 1 amide bonds. The van der Waals surface area contributed by atoms with Crippen molar-refractivity contribution in [3.8, 4) is 0 Å². The molecule has 0 bridgehead atoms. The topological polar surface area (TPSA) is 87.5 Å². The highest BCUT2D eigenvalue weighted by Crippen LogP contribution is 2.23. The molecule has 1 aromatic rings. The van der Waals surface area contributed by atoms with Gasteiger partial charge in [0.1, 0.15) is 6.04 Å². The standard InChI is InChI=1S/C12H17BrN4O3/c1-7-11(13)9(16(2)15-7)6-17-4-3-14-12(20)8(17)5-10(18)19/h8H,3-6H2,1-2H3,(H,14,20)(H,18,19). The Hall–Kier alpha value is -1.41. The fourth-order valence-electron chi connectivity index (χ4n) is 2.38. The molecule has 1 atom stereocenters. The Morgan fingerprint density at radius 1 is 1.60 bits per heavy atom. The predicted octanol–water partition coefficient (Wildman–Crippen LogP) is 0.266. The minimum Gasteiger partial charge on any atom is -0.481 e. The van der Waals surface area contributed by atoms with Crippen LogP contribution in [-0.4, -0.2) is 50.8 Å². The van der Waals surface area contributed by atoms with Crippen molar-refractivity contribution in [2.24, 2.45) is 7.05 Å². The van der Waals surface area contributed by atoms with E-state index < -0.39 is 12.0 Å². The number of carbonyl (C=O) groups is 2. The molecule has 0 aliphatic carbocycles. The van der Waals surface area contributed by atoms with Gasteiger partial charge in [-0.15, -0.1) is 0 Å². The summed E-state index contributed by atoms with van der Waals surface area (Å²) in [7, 11) is 1.84. The molecular weight excluding hydrogens is 328 g/mol. The Labute approximate surface area is 125 Å². The fourth-order valence-corrected chi connectivity index (χ4v) is 2.84. The van der Waals surface area contributed by atoms with Crippen LogP contribution in [0.1, 0.15) is 17.8 Å². The molecule has 1 aliphatic heterocycles. The number of carbonyl (C=O) groups excluding carboxylic acids is 1. The minimum atomic E-state index is -0.975. The molecule has 20 heavy (non-hydrogen) atoms. The van der Waals surface area contributed by atoms with Gasteiger partial charge in [0.25, 0.3) is 0 Å². The van der Waals surface area contributed by atoms with Crippen molar-refractivity contribution in [3.05, 3.63) is 15.9 Å². The van der Waals surface area contributed by atoms with E-state index in [4.69, 9.17) is 5.11 Å². The average Bonchev–Trinajstić information content (AvgIpc) is 2.60. The zero-order valence-electron chi connectivity index (χ0n) is 11.4. The number of aryl methyl sites for hydroxylation is 2. The van der Waals surface area contributed by atoms with Gasteiger partial charge in [0.05, 0.1) is 22.3 Å². The third kappa shape index (κ3) is 3.01. The largest absolute Gasteiger partial charge is 0.481 e. The monoisotopic (exact) mass is 344 g/mol. The molecule has 0 radical (unpaired) electrons. The van der Waals surface area contributed by atoms with Crippen molar-refractivity contribution in [1.82, 2.24) is 20.0 Å². The number of aliphatic carboxylic acids is 1. The van der Waals surface area contributed by atoms with Crippen LogP contribution in [0.15, 0.2) is 4.47 Å². The number of piperazine rings is 1. The highest BCUT2D eigenvalue weighted by Gasteiger charge is 2.32. The maximum absolute atomic E-state index is 11.9. The molecular formula is C12H17BrN4O3. The van der Waals surface area contributed by atoms with Gasteiger partial charge in [-0.2, -0.15) is 5.10 Å². The lowest BCUT2D eigenvalue weighted by Gasteiger charge is -2.34. The summed E-state index contributed by atoms with van der Waals surface area (Å²) >= 11 is 3.49. The number of nitrogens with one attached hydrogen (secondary N) is 1. The Bertz CT molecular complexity index is 543. The zero-order valence-corrected chi connectivity index (χ0v) is 13.0. The molecule has 1 saturated heterocycles. The number of halogens is 1. The number of hydrogen-bond donors (Lipinski definition) is 2. The maximum atomic E-state index is 11.9. The molecule has 110 valence electrons. The third-order valence-electron chi connectivity index (χ3n) is 3.42. The van der Waals surface area contributed by atoms with Crippen LogP contribution in [0.25, 0.3) is 0 Å². The molecule has 0 saturated carbocycles. The van der Waals surface area contributed by atoms with Crippen molar-refractivity contribution in [1.29, 1.82) is 0 Å². The maximum Gasteiger partial charge on any atom is 0.305 e. The fraction of sp³-hybridized carbons (Fsp3) is 0.583. The van der Waals surface area contributed by atoms with Crippen LogP contribution in [0.4, 0.5) is 0 Å². The van der Waals surface area contributed by atoms with E-state index in [9.17, 15) is 9.59 Å². The highest BCUT2D eigenvalue weighted by atomic mass is 79.9. The van der Waals surface area contributed by atoms with Crippen LogP contribution in [0.2, 0.25) is 0 Å². The highest BCUT2D eigenvalue weighted by molar-refractivity contribution is 9.10. The van der Waals surface area contributed by atoms with Crippen LogP contribution in [0.3, 0.4) is 0 Å². The number of hydrogen-bond acceptors (Lipinski definition) is 4. The van der Waals surface area contributed by atoms with Crippen molar-refractivity contribution < 1.29 is 14.7 Å². The number of aromatic nitrogens is 2. The van der Waals surface area contributed by atoms with Gasteiger partial charge in [0.15, 0.2) is 0 Å². The SMILES string of the molecule is Cc1nn(C)c(CN2CCNC(=O)C2CC(=O)O)c1Br. The van der Waals surface area contributed by atoms with Crippen molar-refractivity contribution in [2.45, 2.75) is 25.9 Å². The van der Waals surface area contributed by atoms with E-state index in [1.807, 2.05) is 18.9 Å². The number of carboxylic acid groups (broad SMARTS) is 1. The van der Waals surface area contributed by atoms with Gasteiger partial charge in [-0.1, -0.05) is 0 Å². The summed E-state index contributed by atoms with van der Waals surface area (Å²) < 4.78 is 2.66. The second-order valence-electron chi connectivity index (χ2n) is 4.84. The number of rotatable bonds is 4. The van der Waals surface area contributed by atoms with E-state index in [2.05, 4.69) is 26.3 Å². The summed E-state index contributed by atoms with van der Waals surface area (Å²) in [5.41, 5.74) is 1.81. The first kappa shape index (κ1) is 15.0. The van der Waals surface area contributed by atoms with E-state index in [1.165, 1.54) is 0 Å². The molecule has 1 fully saturated rings. The molecule has 2 rings (SSSR count). The van der Waals surface area contributed by atoms with Gasteiger partial charge >= 0.3 is 5.97 Å². The van der Waals surface area contributed by atoms with Crippen LogP contribution >= 0.6 is 15.9 Å². The van der Waals surface area contributed by atoms with Crippen LogP contribution in [0.5, 0.6) is 0 Å². The van der Waals surface area contributed by atoms with Crippen molar-refractivity contribution in [3.63, 3.8) is 0 Å². The summed E-state index contributed by atoms with van der Waals surface area (Å²) in [4.78, 5) is 24.7. The Kier molecular flexibility index (Phi) is 4.44. The first-order chi connectivity index (χ1) is 9.40. The Morgan fingerprint density at radius 3 is 2.85 bits per heavy atom. The first-order valence-electron chi connectivity index (χ1n) is 6.31. The predicted molar refractivity (Wildman–Crippen MR) is 75.1 cm³/mol. The van der Waals surface area contributed by atoms with Gasteiger partial charge in [-0.3, -0.25) is 19.2 Å². The van der Waals surface area contributed by atoms with Gasteiger partial charge in [-0.25, -0.2) is 0 Å².